The van der Waals surface area contributed by atoms with Gasteiger partial charge < -0.3 is 10.1 Å². The van der Waals surface area contributed by atoms with E-state index in [9.17, 15) is 8.42 Å². The maximum Gasteiger partial charge on any atom is 0.227 e. The Morgan fingerprint density at radius 2 is 2.18 bits per heavy atom. The van der Waals surface area contributed by atoms with Crippen LogP contribution < -0.4 is 10.0 Å². The minimum atomic E-state index is -3.52. The van der Waals surface area contributed by atoms with Crippen molar-refractivity contribution in [1.82, 2.24) is 10.0 Å². The van der Waals surface area contributed by atoms with Crippen LogP contribution in [-0.2, 0) is 14.8 Å². The van der Waals surface area contributed by atoms with E-state index >= 15 is 0 Å². The number of ether oxygens (including phenoxy) is 1. The predicted molar refractivity (Wildman–Crippen MR) is 63.8 cm³/mol. The summed E-state index contributed by atoms with van der Waals surface area (Å²) in [5.41, 5.74) is 0. The molecule has 7 heteroatoms. The molecule has 1 unspecified atom stereocenters. The molecule has 0 aromatic carbocycles. The zero-order valence-corrected chi connectivity index (χ0v) is 10.8. The minimum absolute atomic E-state index is 0.217. The van der Waals surface area contributed by atoms with Gasteiger partial charge in [0.15, 0.2) is 5.25 Å². The van der Waals surface area contributed by atoms with Gasteiger partial charge in [-0.2, -0.15) is 5.26 Å². The Balaban J connectivity index is 2.17. The Morgan fingerprint density at radius 3 is 2.76 bits per heavy atom. The second-order valence-electron chi connectivity index (χ2n) is 4.03. The average molecular weight is 261 g/mol. The lowest BCUT2D eigenvalue weighted by atomic mass is 10.1. The summed E-state index contributed by atoms with van der Waals surface area (Å²) in [5.74, 6) is 0. The molecule has 1 fully saturated rings. The number of rotatable bonds is 6. The van der Waals surface area contributed by atoms with E-state index in [0.29, 0.717) is 6.61 Å². The Kier molecular flexibility index (Phi) is 5.85. The molecule has 6 nitrogen and oxygen atoms in total. The highest BCUT2D eigenvalue weighted by molar-refractivity contribution is 7.90. The molecule has 0 aliphatic carbocycles. The summed E-state index contributed by atoms with van der Waals surface area (Å²) in [5, 5.41) is 10.7. The van der Waals surface area contributed by atoms with E-state index in [2.05, 4.69) is 10.0 Å². The van der Waals surface area contributed by atoms with Crippen LogP contribution in [0.2, 0.25) is 0 Å². The van der Waals surface area contributed by atoms with Crippen molar-refractivity contribution in [3.63, 3.8) is 0 Å². The van der Waals surface area contributed by atoms with Crippen molar-refractivity contribution in [2.24, 2.45) is 0 Å². The highest BCUT2D eigenvalue weighted by Gasteiger charge is 2.19. The molecule has 1 saturated heterocycles. The molecule has 98 valence electrons. The molecule has 1 aliphatic rings. The molecule has 0 radical (unpaired) electrons. The predicted octanol–water partition coefficient (Wildman–Crippen LogP) is -0.414. The molecule has 1 atom stereocenters. The van der Waals surface area contributed by atoms with Crippen LogP contribution in [0, 0.1) is 11.3 Å². The van der Waals surface area contributed by atoms with E-state index in [-0.39, 0.29) is 12.6 Å². The summed E-state index contributed by atoms with van der Waals surface area (Å²) >= 11 is 0. The minimum Gasteiger partial charge on any atom is -0.377 e. The van der Waals surface area contributed by atoms with Crippen molar-refractivity contribution in [2.75, 3.05) is 26.2 Å². The zero-order valence-electron chi connectivity index (χ0n) is 9.98. The maximum absolute atomic E-state index is 11.4. The average Bonchev–Trinajstić information content (AvgIpc) is 2.35. The number of nitrogens with one attached hydrogen (secondary N) is 2. The normalized spacial score (nSPS) is 19.8. The lowest BCUT2D eigenvalue weighted by Gasteiger charge is -2.23. The molecule has 0 saturated carbocycles. The van der Waals surface area contributed by atoms with Crippen molar-refractivity contribution in [1.29, 1.82) is 5.26 Å². The van der Waals surface area contributed by atoms with Crippen molar-refractivity contribution < 1.29 is 13.2 Å². The van der Waals surface area contributed by atoms with Crippen LogP contribution in [0.3, 0.4) is 0 Å². The van der Waals surface area contributed by atoms with Gasteiger partial charge in [-0.15, -0.1) is 0 Å². The van der Waals surface area contributed by atoms with Gasteiger partial charge in [0.25, 0.3) is 0 Å². The van der Waals surface area contributed by atoms with E-state index in [4.69, 9.17) is 10.00 Å². The zero-order chi connectivity index (χ0) is 12.7. The number of hydrogen-bond donors (Lipinski definition) is 2. The van der Waals surface area contributed by atoms with Crippen molar-refractivity contribution in [3.05, 3.63) is 0 Å². The first-order valence-electron chi connectivity index (χ1n) is 5.76. The molecule has 2 N–H and O–H groups in total. The number of sulfonamides is 1. The molecule has 0 bridgehead atoms. The number of nitrogens with zero attached hydrogens (tertiary/aromatic N) is 1. The highest BCUT2D eigenvalue weighted by Crippen LogP contribution is 2.06. The molecule has 0 spiro atoms. The second-order valence-corrected chi connectivity index (χ2v) is 6.12. The summed E-state index contributed by atoms with van der Waals surface area (Å²) < 4.78 is 30.7. The van der Waals surface area contributed by atoms with Gasteiger partial charge in [0.2, 0.25) is 10.0 Å². The lowest BCUT2D eigenvalue weighted by Crippen LogP contribution is -2.36. The topological polar surface area (TPSA) is 91.2 Å². The van der Waals surface area contributed by atoms with Gasteiger partial charge in [-0.3, -0.25) is 0 Å². The fourth-order valence-corrected chi connectivity index (χ4v) is 2.32. The third kappa shape index (κ3) is 5.00. The molecule has 1 rings (SSSR count). The highest BCUT2D eigenvalue weighted by atomic mass is 32.2. The van der Waals surface area contributed by atoms with E-state index in [1.165, 1.54) is 6.92 Å². The molecule has 0 aromatic heterocycles. The van der Waals surface area contributed by atoms with Crippen molar-refractivity contribution >= 4 is 10.0 Å². The number of piperidine rings is 1. The van der Waals surface area contributed by atoms with Crippen LogP contribution in [0.4, 0.5) is 0 Å². The van der Waals surface area contributed by atoms with E-state index in [1.54, 1.807) is 6.07 Å². The molecule has 0 aromatic rings. The Morgan fingerprint density at radius 1 is 1.53 bits per heavy atom. The van der Waals surface area contributed by atoms with Crippen LogP contribution in [0.25, 0.3) is 0 Å². The van der Waals surface area contributed by atoms with E-state index in [0.717, 1.165) is 25.9 Å². The van der Waals surface area contributed by atoms with E-state index in [1.807, 2.05) is 0 Å². The third-order valence-corrected chi connectivity index (χ3v) is 4.34. The first-order chi connectivity index (χ1) is 8.06. The molecular formula is C10H19N3O3S. The molecular weight excluding hydrogens is 242 g/mol. The smallest absolute Gasteiger partial charge is 0.227 e. The molecule has 17 heavy (non-hydrogen) atoms. The lowest BCUT2D eigenvalue weighted by molar-refractivity contribution is 0.0366. The summed E-state index contributed by atoms with van der Waals surface area (Å²) in [6.07, 6.45) is 2.14. The number of hydrogen-bond acceptors (Lipinski definition) is 5. The largest absolute Gasteiger partial charge is 0.377 e. The summed E-state index contributed by atoms with van der Waals surface area (Å²) in [7, 11) is -3.52. The molecule has 0 amide bonds. The Bertz CT molecular complexity index is 357. The first-order valence-corrected chi connectivity index (χ1v) is 7.31. The van der Waals surface area contributed by atoms with Gasteiger partial charge >= 0.3 is 0 Å². The van der Waals surface area contributed by atoms with Crippen LogP contribution >= 0.6 is 0 Å². The van der Waals surface area contributed by atoms with Gasteiger partial charge in [-0.05, 0) is 32.9 Å². The maximum atomic E-state index is 11.4. The van der Waals surface area contributed by atoms with Crippen LogP contribution in [0.15, 0.2) is 0 Å². The van der Waals surface area contributed by atoms with Crippen molar-refractivity contribution in [3.8, 4) is 6.07 Å². The fraction of sp³-hybridized carbons (Fsp3) is 0.900. The molecule has 1 heterocycles. The second kappa shape index (κ2) is 6.91. The van der Waals surface area contributed by atoms with Gasteiger partial charge in [0.1, 0.15) is 0 Å². The number of nitriles is 1. The standard InChI is InChI=1S/C10H19N3O3S/c1-9(8-11)17(14,15)13-6-7-16-10-2-4-12-5-3-10/h9-10,12-13H,2-7H2,1H3. The van der Waals surface area contributed by atoms with Crippen LogP contribution in [0.1, 0.15) is 19.8 Å². The van der Waals surface area contributed by atoms with Gasteiger partial charge in [-0.25, -0.2) is 13.1 Å². The monoisotopic (exact) mass is 261 g/mol. The summed E-state index contributed by atoms with van der Waals surface area (Å²) in [6, 6.07) is 1.70. The Labute approximate surface area is 102 Å². The fourth-order valence-electron chi connectivity index (χ4n) is 1.57. The summed E-state index contributed by atoms with van der Waals surface area (Å²) in [6.45, 7) is 3.82. The summed E-state index contributed by atoms with van der Waals surface area (Å²) in [4.78, 5) is 0. The van der Waals surface area contributed by atoms with Crippen LogP contribution in [0.5, 0.6) is 0 Å². The third-order valence-electron chi connectivity index (χ3n) is 2.69. The quantitative estimate of drug-likeness (QED) is 0.634. The van der Waals surface area contributed by atoms with Gasteiger partial charge in [-0.1, -0.05) is 0 Å². The van der Waals surface area contributed by atoms with Crippen LogP contribution in [-0.4, -0.2) is 46.0 Å². The van der Waals surface area contributed by atoms with Crippen molar-refractivity contribution in [2.45, 2.75) is 31.1 Å². The molecule has 1 aliphatic heterocycles. The van der Waals surface area contributed by atoms with Gasteiger partial charge in [0.05, 0.1) is 18.8 Å². The van der Waals surface area contributed by atoms with Gasteiger partial charge in [0, 0.05) is 6.54 Å². The SMILES string of the molecule is CC(C#N)S(=O)(=O)NCCOC1CCNCC1. The first kappa shape index (κ1) is 14.4. The van der Waals surface area contributed by atoms with E-state index < -0.39 is 15.3 Å². The Hall–Kier alpha value is -0.680.